The highest BCUT2D eigenvalue weighted by molar-refractivity contribution is 9.10. The third kappa shape index (κ3) is 3.16. The second-order valence-electron chi connectivity index (χ2n) is 4.56. The summed E-state index contributed by atoms with van der Waals surface area (Å²) in [6, 6.07) is 9.38. The molecule has 0 heterocycles. The van der Waals surface area contributed by atoms with E-state index in [-0.39, 0.29) is 12.1 Å². The molecule has 0 aliphatic heterocycles. The van der Waals surface area contributed by atoms with Gasteiger partial charge in [-0.05, 0) is 46.6 Å². The summed E-state index contributed by atoms with van der Waals surface area (Å²) in [6.45, 7) is 2.11. The quantitative estimate of drug-likeness (QED) is 0.877. The summed E-state index contributed by atoms with van der Waals surface area (Å²) in [4.78, 5) is 0. The summed E-state index contributed by atoms with van der Waals surface area (Å²) in [6.07, 6.45) is 0. The average Bonchev–Trinajstić information content (AvgIpc) is 2.43. The Hall–Kier alpha value is -1.46. The fraction of sp³-hybridized carbons (Fsp3) is 0.200. The molecule has 0 aliphatic carbocycles. The Balaban J connectivity index is 2.34. The predicted octanol–water partition coefficient (Wildman–Crippen LogP) is 4.15. The van der Waals surface area contributed by atoms with Gasteiger partial charge in [0.15, 0.2) is 11.6 Å². The third-order valence-electron chi connectivity index (χ3n) is 3.04. The van der Waals surface area contributed by atoms with E-state index in [1.165, 1.54) is 12.1 Å². The summed E-state index contributed by atoms with van der Waals surface area (Å²) in [5.74, 6) is -1.73. The van der Waals surface area contributed by atoms with Gasteiger partial charge in [0.2, 0.25) is 0 Å². The lowest BCUT2D eigenvalue weighted by atomic mass is 10.1. The maximum absolute atomic E-state index is 13.8. The van der Waals surface area contributed by atoms with Gasteiger partial charge in [-0.3, -0.25) is 0 Å². The van der Waals surface area contributed by atoms with Crippen LogP contribution in [0.5, 0.6) is 0 Å². The first-order valence-electron chi connectivity index (χ1n) is 6.19. The van der Waals surface area contributed by atoms with Crippen molar-refractivity contribution in [3.05, 3.63) is 63.6 Å². The summed E-state index contributed by atoms with van der Waals surface area (Å²) in [7, 11) is 0. The number of hydrogen-bond donors (Lipinski definition) is 2. The van der Waals surface area contributed by atoms with Gasteiger partial charge in [0, 0.05) is 22.3 Å². The zero-order valence-electron chi connectivity index (χ0n) is 11.0. The van der Waals surface area contributed by atoms with Crippen LogP contribution in [0.1, 0.15) is 17.2 Å². The molecule has 0 amide bonds. The Morgan fingerprint density at radius 1 is 1.25 bits per heavy atom. The Morgan fingerprint density at radius 3 is 2.70 bits per heavy atom. The van der Waals surface area contributed by atoms with Crippen molar-refractivity contribution in [1.29, 1.82) is 0 Å². The smallest absolute Gasteiger partial charge is 0.164 e. The van der Waals surface area contributed by atoms with Gasteiger partial charge in [-0.2, -0.15) is 0 Å². The van der Waals surface area contributed by atoms with Crippen molar-refractivity contribution < 1.29 is 8.78 Å². The summed E-state index contributed by atoms with van der Waals surface area (Å²) < 4.78 is 28.0. The minimum atomic E-state index is -0.869. The van der Waals surface area contributed by atoms with Crippen molar-refractivity contribution in [2.45, 2.75) is 13.0 Å². The van der Waals surface area contributed by atoms with Gasteiger partial charge in [-0.25, -0.2) is 8.78 Å². The standard InChI is InChI=1S/C15H15BrF2N2/c1-9-5-6-11(16)13(7-9)20-14(8-19)10-3-2-4-12(17)15(10)18/h2-7,14,20H,8,19H2,1H3. The molecule has 0 spiro atoms. The van der Waals surface area contributed by atoms with Crippen molar-refractivity contribution in [2.24, 2.45) is 5.73 Å². The van der Waals surface area contributed by atoms with Gasteiger partial charge in [0.05, 0.1) is 6.04 Å². The SMILES string of the molecule is Cc1ccc(Br)c(NC(CN)c2cccc(F)c2F)c1. The molecule has 3 N–H and O–H groups in total. The molecule has 106 valence electrons. The van der Waals surface area contributed by atoms with Crippen molar-refractivity contribution >= 4 is 21.6 Å². The van der Waals surface area contributed by atoms with E-state index in [4.69, 9.17) is 5.73 Å². The molecule has 0 aliphatic rings. The van der Waals surface area contributed by atoms with Crippen LogP contribution in [0.3, 0.4) is 0 Å². The molecule has 0 aromatic heterocycles. The first-order valence-corrected chi connectivity index (χ1v) is 6.99. The largest absolute Gasteiger partial charge is 0.376 e. The monoisotopic (exact) mass is 340 g/mol. The topological polar surface area (TPSA) is 38.0 Å². The second-order valence-corrected chi connectivity index (χ2v) is 5.41. The Labute approximate surface area is 125 Å². The van der Waals surface area contributed by atoms with E-state index >= 15 is 0 Å². The van der Waals surface area contributed by atoms with Crippen LogP contribution in [0, 0.1) is 18.6 Å². The van der Waals surface area contributed by atoms with Crippen LogP contribution >= 0.6 is 15.9 Å². The van der Waals surface area contributed by atoms with Gasteiger partial charge in [-0.15, -0.1) is 0 Å². The lowest BCUT2D eigenvalue weighted by Crippen LogP contribution is -2.22. The van der Waals surface area contributed by atoms with Crippen LogP contribution in [-0.2, 0) is 0 Å². The fourth-order valence-corrected chi connectivity index (χ4v) is 2.35. The zero-order valence-corrected chi connectivity index (χ0v) is 12.5. The lowest BCUT2D eigenvalue weighted by molar-refractivity contribution is 0.492. The number of halogens is 3. The molecular weight excluding hydrogens is 326 g/mol. The maximum Gasteiger partial charge on any atom is 0.164 e. The third-order valence-corrected chi connectivity index (χ3v) is 3.74. The number of rotatable bonds is 4. The molecule has 2 nitrogen and oxygen atoms in total. The Morgan fingerprint density at radius 2 is 2.00 bits per heavy atom. The van der Waals surface area contributed by atoms with Gasteiger partial charge in [0.25, 0.3) is 0 Å². The van der Waals surface area contributed by atoms with E-state index < -0.39 is 17.7 Å². The van der Waals surface area contributed by atoms with E-state index in [9.17, 15) is 8.78 Å². The molecule has 5 heteroatoms. The molecule has 2 aromatic carbocycles. The zero-order chi connectivity index (χ0) is 14.7. The highest BCUT2D eigenvalue weighted by Crippen LogP contribution is 2.28. The second kappa shape index (κ2) is 6.33. The number of benzene rings is 2. The minimum Gasteiger partial charge on any atom is -0.376 e. The number of hydrogen-bond acceptors (Lipinski definition) is 2. The van der Waals surface area contributed by atoms with Gasteiger partial charge in [0.1, 0.15) is 0 Å². The Kier molecular flexibility index (Phi) is 4.73. The fourth-order valence-electron chi connectivity index (χ4n) is 1.99. The van der Waals surface area contributed by atoms with E-state index in [2.05, 4.69) is 21.2 Å². The van der Waals surface area contributed by atoms with Crippen molar-refractivity contribution in [3.63, 3.8) is 0 Å². The summed E-state index contributed by atoms with van der Waals surface area (Å²) in [5, 5.41) is 3.14. The van der Waals surface area contributed by atoms with Crippen LogP contribution in [0.25, 0.3) is 0 Å². The average molecular weight is 341 g/mol. The summed E-state index contributed by atoms with van der Waals surface area (Å²) >= 11 is 3.42. The number of nitrogens with two attached hydrogens (primary N) is 1. The molecule has 20 heavy (non-hydrogen) atoms. The first-order chi connectivity index (χ1) is 9.52. The molecule has 2 rings (SSSR count). The molecule has 0 bridgehead atoms. The molecule has 0 fully saturated rings. The van der Waals surface area contributed by atoms with Crippen molar-refractivity contribution in [1.82, 2.24) is 0 Å². The normalized spacial score (nSPS) is 12.2. The number of anilines is 1. The summed E-state index contributed by atoms with van der Waals surface area (Å²) in [5.41, 5.74) is 7.77. The van der Waals surface area contributed by atoms with Crippen LogP contribution in [-0.4, -0.2) is 6.54 Å². The maximum atomic E-state index is 13.8. The molecular formula is C15H15BrF2N2. The molecule has 1 atom stereocenters. The Bertz CT molecular complexity index is 617. The molecule has 0 saturated carbocycles. The highest BCUT2D eigenvalue weighted by Gasteiger charge is 2.17. The van der Waals surface area contributed by atoms with E-state index in [1.807, 2.05) is 25.1 Å². The van der Waals surface area contributed by atoms with E-state index in [0.29, 0.717) is 0 Å². The van der Waals surface area contributed by atoms with Crippen molar-refractivity contribution in [2.75, 3.05) is 11.9 Å². The van der Waals surface area contributed by atoms with Crippen LogP contribution in [0.4, 0.5) is 14.5 Å². The molecule has 2 aromatic rings. The number of aryl methyl sites for hydroxylation is 1. The van der Waals surface area contributed by atoms with Gasteiger partial charge >= 0.3 is 0 Å². The van der Waals surface area contributed by atoms with Crippen LogP contribution in [0.2, 0.25) is 0 Å². The predicted molar refractivity (Wildman–Crippen MR) is 80.7 cm³/mol. The first kappa shape index (κ1) is 14.9. The molecule has 1 unspecified atom stereocenters. The van der Waals surface area contributed by atoms with Crippen LogP contribution < -0.4 is 11.1 Å². The van der Waals surface area contributed by atoms with Crippen LogP contribution in [0.15, 0.2) is 40.9 Å². The lowest BCUT2D eigenvalue weighted by Gasteiger charge is -2.20. The minimum absolute atomic E-state index is 0.154. The van der Waals surface area contributed by atoms with Gasteiger partial charge < -0.3 is 11.1 Å². The van der Waals surface area contributed by atoms with Crippen molar-refractivity contribution in [3.8, 4) is 0 Å². The van der Waals surface area contributed by atoms with Gasteiger partial charge in [-0.1, -0.05) is 18.2 Å². The molecule has 0 radical (unpaired) electrons. The molecule has 0 saturated heterocycles. The number of nitrogens with one attached hydrogen (secondary N) is 1. The highest BCUT2D eigenvalue weighted by atomic mass is 79.9. The van der Waals surface area contributed by atoms with E-state index in [0.717, 1.165) is 21.8 Å². The van der Waals surface area contributed by atoms with E-state index in [1.54, 1.807) is 0 Å².